The van der Waals surface area contributed by atoms with Crippen LogP contribution in [0.25, 0.3) is 5.57 Å². The molecule has 0 unspecified atom stereocenters. The van der Waals surface area contributed by atoms with E-state index in [2.05, 4.69) is 14.5 Å². The standard InChI is InChI=1S/C28H34F2N4O3S/c1-32-11-13-33(14-12-32)15-16-38(36,37)31-27(21-7-8-21)28(35)34-19-22(24-18-23(29)9-10-25(24)30)17-26(34)20-5-3-2-4-6-20/h2-6,9-10,17-18,21,26-27,31H,7-8,11-16,19H2,1H3/t26-,27-/m0/s1. The fourth-order valence-corrected chi connectivity index (χ4v) is 6.50. The number of benzene rings is 2. The maximum Gasteiger partial charge on any atom is 0.242 e. The highest BCUT2D eigenvalue weighted by Gasteiger charge is 2.43. The number of likely N-dealkylation sites (N-methyl/N-ethyl adjacent to an activating group) is 1. The Bertz CT molecular complexity index is 1290. The van der Waals surface area contributed by atoms with E-state index in [0.717, 1.165) is 62.8 Å². The number of amides is 1. The number of hydrogen-bond acceptors (Lipinski definition) is 5. The van der Waals surface area contributed by atoms with Crippen LogP contribution in [0.4, 0.5) is 8.78 Å². The smallest absolute Gasteiger partial charge is 0.242 e. The molecular weight excluding hydrogens is 510 g/mol. The van der Waals surface area contributed by atoms with Crippen molar-refractivity contribution in [3.05, 3.63) is 77.4 Å². The number of sulfonamides is 1. The predicted molar refractivity (Wildman–Crippen MR) is 143 cm³/mol. The van der Waals surface area contributed by atoms with Crippen LogP contribution < -0.4 is 4.72 Å². The van der Waals surface area contributed by atoms with Crippen LogP contribution in [0.15, 0.2) is 54.6 Å². The molecule has 0 spiro atoms. The topological polar surface area (TPSA) is 73.0 Å². The van der Waals surface area contributed by atoms with Gasteiger partial charge in [0.15, 0.2) is 0 Å². The third kappa shape index (κ3) is 6.31. The average Bonchev–Trinajstić information content (AvgIpc) is 3.66. The van der Waals surface area contributed by atoms with Crippen molar-refractivity contribution in [3.63, 3.8) is 0 Å². The molecule has 1 saturated carbocycles. The quantitative estimate of drug-likeness (QED) is 0.526. The lowest BCUT2D eigenvalue weighted by molar-refractivity contribution is -0.134. The van der Waals surface area contributed by atoms with Crippen LogP contribution in [0.3, 0.4) is 0 Å². The zero-order valence-corrected chi connectivity index (χ0v) is 22.3. The van der Waals surface area contributed by atoms with Gasteiger partial charge in [-0.05, 0) is 55.1 Å². The van der Waals surface area contributed by atoms with E-state index in [1.54, 1.807) is 11.0 Å². The van der Waals surface area contributed by atoms with E-state index in [1.165, 1.54) is 0 Å². The summed E-state index contributed by atoms with van der Waals surface area (Å²) in [4.78, 5) is 19.9. The van der Waals surface area contributed by atoms with E-state index in [9.17, 15) is 22.0 Å². The molecule has 0 radical (unpaired) electrons. The zero-order valence-electron chi connectivity index (χ0n) is 21.5. The van der Waals surface area contributed by atoms with Crippen LogP contribution >= 0.6 is 0 Å². The molecule has 204 valence electrons. The Morgan fingerprint density at radius 3 is 2.45 bits per heavy atom. The summed E-state index contributed by atoms with van der Waals surface area (Å²) in [7, 11) is -1.67. The fraction of sp³-hybridized carbons (Fsp3) is 0.464. The zero-order chi connectivity index (χ0) is 26.9. The van der Waals surface area contributed by atoms with E-state index in [1.807, 2.05) is 37.4 Å². The minimum atomic E-state index is -3.71. The van der Waals surface area contributed by atoms with Gasteiger partial charge >= 0.3 is 0 Å². The summed E-state index contributed by atoms with van der Waals surface area (Å²) in [6, 6.07) is 11.2. The van der Waals surface area contributed by atoms with E-state index in [-0.39, 0.29) is 29.7 Å². The molecule has 10 heteroatoms. The van der Waals surface area contributed by atoms with Crippen LogP contribution in [0.5, 0.6) is 0 Å². The molecule has 3 aliphatic rings. The van der Waals surface area contributed by atoms with Gasteiger partial charge in [0.05, 0.1) is 11.8 Å². The number of carbonyl (C=O) groups excluding carboxylic acids is 1. The van der Waals surface area contributed by atoms with Gasteiger partial charge in [-0.3, -0.25) is 9.69 Å². The molecule has 2 heterocycles. The molecule has 7 nitrogen and oxygen atoms in total. The van der Waals surface area contributed by atoms with E-state index < -0.39 is 33.7 Å². The van der Waals surface area contributed by atoms with Crippen LogP contribution in [-0.4, -0.2) is 87.1 Å². The molecule has 0 aromatic heterocycles. The van der Waals surface area contributed by atoms with Gasteiger partial charge in [0.2, 0.25) is 15.9 Å². The molecule has 2 atom stereocenters. The number of piperazine rings is 1. The molecule has 1 N–H and O–H groups in total. The molecule has 2 aromatic rings. The molecule has 2 aliphatic heterocycles. The van der Waals surface area contributed by atoms with Gasteiger partial charge < -0.3 is 9.80 Å². The van der Waals surface area contributed by atoms with Gasteiger partial charge in [-0.15, -0.1) is 0 Å². The molecule has 1 amide bonds. The van der Waals surface area contributed by atoms with Crippen LogP contribution in [0.1, 0.15) is 30.0 Å². The summed E-state index contributed by atoms with van der Waals surface area (Å²) >= 11 is 0. The summed E-state index contributed by atoms with van der Waals surface area (Å²) in [6.07, 6.45) is 3.30. The second kappa shape index (κ2) is 11.2. The van der Waals surface area contributed by atoms with Gasteiger partial charge in [0.1, 0.15) is 17.7 Å². The van der Waals surface area contributed by atoms with Crippen molar-refractivity contribution >= 4 is 21.5 Å². The lowest BCUT2D eigenvalue weighted by Crippen LogP contribution is -2.51. The molecule has 2 fully saturated rings. The number of rotatable bonds is 9. The van der Waals surface area contributed by atoms with Gasteiger partial charge in [-0.1, -0.05) is 36.4 Å². The largest absolute Gasteiger partial charge is 0.326 e. The Morgan fingerprint density at radius 2 is 1.76 bits per heavy atom. The summed E-state index contributed by atoms with van der Waals surface area (Å²) in [5.41, 5.74) is 1.42. The van der Waals surface area contributed by atoms with Gasteiger partial charge in [-0.2, -0.15) is 0 Å². The van der Waals surface area contributed by atoms with Gasteiger partial charge in [0.25, 0.3) is 0 Å². The number of carbonyl (C=O) groups is 1. The Morgan fingerprint density at radius 1 is 1.05 bits per heavy atom. The van der Waals surface area contributed by atoms with Crippen molar-refractivity contribution in [1.82, 2.24) is 19.4 Å². The molecule has 5 rings (SSSR count). The molecule has 38 heavy (non-hydrogen) atoms. The van der Waals surface area contributed by atoms with Gasteiger partial charge in [-0.25, -0.2) is 21.9 Å². The Kier molecular flexibility index (Phi) is 7.95. The number of halogens is 2. The summed E-state index contributed by atoms with van der Waals surface area (Å²) in [5, 5.41) is 0. The predicted octanol–water partition coefficient (Wildman–Crippen LogP) is 2.88. The van der Waals surface area contributed by atoms with E-state index >= 15 is 0 Å². The maximum absolute atomic E-state index is 14.6. The third-order valence-corrected chi connectivity index (χ3v) is 9.01. The Hall–Kier alpha value is -2.66. The van der Waals surface area contributed by atoms with Crippen molar-refractivity contribution in [2.24, 2.45) is 5.92 Å². The summed E-state index contributed by atoms with van der Waals surface area (Å²) in [6.45, 7) is 3.89. The highest BCUT2D eigenvalue weighted by Crippen LogP contribution is 2.39. The van der Waals surface area contributed by atoms with Crippen molar-refractivity contribution in [3.8, 4) is 0 Å². The van der Waals surface area contributed by atoms with Crippen molar-refractivity contribution in [2.45, 2.75) is 24.9 Å². The molecular formula is C28H34F2N4O3S. The summed E-state index contributed by atoms with van der Waals surface area (Å²) < 4.78 is 57.5. The first-order chi connectivity index (χ1) is 18.2. The van der Waals surface area contributed by atoms with Gasteiger partial charge in [0, 0.05) is 44.8 Å². The number of hydrogen-bond donors (Lipinski definition) is 1. The van der Waals surface area contributed by atoms with E-state index in [0.29, 0.717) is 12.1 Å². The Balaban J connectivity index is 1.35. The lowest BCUT2D eigenvalue weighted by Gasteiger charge is -2.32. The first kappa shape index (κ1) is 26.9. The van der Waals surface area contributed by atoms with Crippen molar-refractivity contribution in [1.29, 1.82) is 0 Å². The number of nitrogens with one attached hydrogen (secondary N) is 1. The maximum atomic E-state index is 14.6. The SMILES string of the molecule is CN1CCN(CCS(=O)(=O)N[C@H](C(=O)N2CC(c3cc(F)ccc3F)=C[C@H]2c2ccccc2)C2CC2)CC1. The second-order valence-corrected chi connectivity index (χ2v) is 12.4. The highest BCUT2D eigenvalue weighted by molar-refractivity contribution is 7.89. The highest BCUT2D eigenvalue weighted by atomic mass is 32.2. The van der Waals surface area contributed by atoms with E-state index in [4.69, 9.17) is 0 Å². The molecule has 0 bridgehead atoms. The first-order valence-corrected chi connectivity index (χ1v) is 14.8. The third-order valence-electron chi connectivity index (χ3n) is 7.67. The van der Waals surface area contributed by atoms with Crippen LogP contribution in [0.2, 0.25) is 0 Å². The first-order valence-electron chi connectivity index (χ1n) is 13.1. The fourth-order valence-electron chi connectivity index (χ4n) is 5.20. The molecule has 1 saturated heterocycles. The van der Waals surface area contributed by atoms with Crippen LogP contribution in [0, 0.1) is 17.6 Å². The monoisotopic (exact) mass is 544 g/mol. The van der Waals surface area contributed by atoms with Crippen LogP contribution in [-0.2, 0) is 14.8 Å². The minimum Gasteiger partial charge on any atom is -0.326 e. The normalized spacial score (nSPS) is 21.9. The number of nitrogens with zero attached hydrogens (tertiary/aromatic N) is 3. The lowest BCUT2D eigenvalue weighted by atomic mass is 10.0. The molecule has 1 aliphatic carbocycles. The van der Waals surface area contributed by atoms with Crippen molar-refractivity contribution in [2.75, 3.05) is 52.1 Å². The minimum absolute atomic E-state index is 0.0605. The Labute approximate surface area is 223 Å². The summed E-state index contributed by atoms with van der Waals surface area (Å²) in [5.74, 6) is -1.62. The van der Waals surface area contributed by atoms with Crippen molar-refractivity contribution < 1.29 is 22.0 Å². The second-order valence-electron chi connectivity index (χ2n) is 10.5. The average molecular weight is 545 g/mol. The molecule has 2 aromatic carbocycles.